The zero-order valence-electron chi connectivity index (χ0n) is 17.2. The van der Waals surface area contributed by atoms with E-state index in [1.165, 1.54) is 6.33 Å². The maximum Gasteiger partial charge on any atom is 0.333 e. The summed E-state index contributed by atoms with van der Waals surface area (Å²) in [5.74, 6) is 0.891. The normalized spacial score (nSPS) is 21.5. The van der Waals surface area contributed by atoms with Gasteiger partial charge in [-0.05, 0) is 25.0 Å². The number of hydrogen-bond donors (Lipinski definition) is 4. The Labute approximate surface area is 179 Å². The summed E-state index contributed by atoms with van der Waals surface area (Å²) >= 11 is 0. The molecule has 0 bridgehead atoms. The lowest BCUT2D eigenvalue weighted by Crippen LogP contribution is -2.24. The SMILES string of the molecule is CN(C)c1ccccc1-c1nc2ncnc(N[C@@H]3C[C@@H](COS(N)(=O)=O)[C@@H](O)C3)c2[nH]1. The summed E-state index contributed by atoms with van der Waals surface area (Å²) in [4.78, 5) is 18.5. The van der Waals surface area contributed by atoms with Crippen molar-refractivity contribution in [3.8, 4) is 11.4 Å². The van der Waals surface area contributed by atoms with Crippen molar-refractivity contribution in [2.45, 2.75) is 25.0 Å². The first-order chi connectivity index (χ1) is 14.7. The van der Waals surface area contributed by atoms with Gasteiger partial charge in [0.05, 0.1) is 12.7 Å². The summed E-state index contributed by atoms with van der Waals surface area (Å²) < 4.78 is 26.7. The second kappa shape index (κ2) is 8.38. The number of benzene rings is 1. The summed E-state index contributed by atoms with van der Waals surface area (Å²) in [7, 11) is -0.106. The minimum atomic E-state index is -4.04. The summed E-state index contributed by atoms with van der Waals surface area (Å²) in [6, 6.07) is 7.79. The Morgan fingerprint density at radius 2 is 2.06 bits per heavy atom. The number of imidazole rings is 1. The maximum absolute atomic E-state index is 11.0. The lowest BCUT2D eigenvalue weighted by molar-refractivity contribution is 0.101. The van der Waals surface area contributed by atoms with Gasteiger partial charge in [0.15, 0.2) is 11.5 Å². The molecular weight excluding hydrogens is 422 g/mol. The Hall–Kier alpha value is -2.80. The number of H-pyrrole nitrogens is 1. The van der Waals surface area contributed by atoms with Gasteiger partial charge >= 0.3 is 10.3 Å². The van der Waals surface area contributed by atoms with Gasteiger partial charge in [-0.25, -0.2) is 20.1 Å². The van der Waals surface area contributed by atoms with Crippen molar-refractivity contribution in [1.82, 2.24) is 19.9 Å². The molecule has 0 spiro atoms. The van der Waals surface area contributed by atoms with Gasteiger partial charge in [0.1, 0.15) is 17.7 Å². The second-order valence-electron chi connectivity index (χ2n) is 7.84. The number of aliphatic hydroxyl groups is 1. The van der Waals surface area contributed by atoms with Crippen LogP contribution in [0.4, 0.5) is 11.5 Å². The molecule has 0 amide bonds. The lowest BCUT2D eigenvalue weighted by atomic mass is 10.1. The van der Waals surface area contributed by atoms with Crippen LogP contribution in [0.2, 0.25) is 0 Å². The van der Waals surface area contributed by atoms with E-state index in [0.29, 0.717) is 35.6 Å². The van der Waals surface area contributed by atoms with Crippen LogP contribution in [0.1, 0.15) is 12.8 Å². The van der Waals surface area contributed by atoms with Gasteiger partial charge in [-0.15, -0.1) is 0 Å². The molecule has 2 heterocycles. The van der Waals surface area contributed by atoms with Gasteiger partial charge in [-0.3, -0.25) is 4.18 Å². The van der Waals surface area contributed by atoms with Gasteiger partial charge in [-0.2, -0.15) is 8.42 Å². The highest BCUT2D eigenvalue weighted by Gasteiger charge is 2.34. The lowest BCUT2D eigenvalue weighted by Gasteiger charge is -2.15. The number of aromatic amines is 1. The van der Waals surface area contributed by atoms with Crippen LogP contribution >= 0.6 is 0 Å². The molecule has 0 saturated heterocycles. The van der Waals surface area contributed by atoms with Crippen LogP contribution in [0.3, 0.4) is 0 Å². The van der Waals surface area contributed by atoms with Crippen LogP contribution in [0.15, 0.2) is 30.6 Å². The van der Waals surface area contributed by atoms with E-state index in [2.05, 4.69) is 29.4 Å². The van der Waals surface area contributed by atoms with Gasteiger partial charge in [0, 0.05) is 37.3 Å². The molecule has 5 N–H and O–H groups in total. The Bertz CT molecular complexity index is 1180. The second-order valence-corrected chi connectivity index (χ2v) is 9.06. The fourth-order valence-electron chi connectivity index (χ4n) is 3.90. The van der Waals surface area contributed by atoms with Crippen molar-refractivity contribution in [2.75, 3.05) is 30.9 Å². The number of para-hydroxylation sites is 1. The summed E-state index contributed by atoms with van der Waals surface area (Å²) in [6.07, 6.45) is 1.65. The van der Waals surface area contributed by atoms with E-state index in [9.17, 15) is 13.5 Å². The summed E-state index contributed by atoms with van der Waals surface area (Å²) in [6.45, 7) is -0.160. The maximum atomic E-state index is 11.0. The van der Waals surface area contributed by atoms with Crippen LogP contribution in [0.25, 0.3) is 22.6 Å². The smallest absolute Gasteiger partial charge is 0.333 e. The molecular formula is C19H25N7O4S. The number of nitrogens with one attached hydrogen (secondary N) is 2. The number of aromatic nitrogens is 4. The largest absolute Gasteiger partial charge is 0.393 e. The number of hydrogen-bond acceptors (Lipinski definition) is 9. The molecule has 12 heteroatoms. The standard InChI is InChI=1S/C19H25N7O4S/c1-26(2)14-6-4-3-5-13(14)17-24-16-18(21-10-22-19(16)25-17)23-12-7-11(15(27)8-12)9-30-31(20,28)29/h3-6,10-12,15,27H,7-9H2,1-2H3,(H2,20,28,29)(H2,21,22,23,24,25)/t11-,12+,15-/m0/s1. The zero-order valence-corrected chi connectivity index (χ0v) is 18.0. The molecule has 11 nitrogen and oxygen atoms in total. The van der Waals surface area contributed by atoms with Gasteiger partial charge in [0.2, 0.25) is 0 Å². The molecule has 1 aliphatic carbocycles. The molecule has 1 saturated carbocycles. The predicted molar refractivity (Wildman–Crippen MR) is 117 cm³/mol. The van der Waals surface area contributed by atoms with Gasteiger partial charge in [0.25, 0.3) is 0 Å². The fourth-order valence-corrected chi connectivity index (χ4v) is 4.27. The molecule has 166 valence electrons. The molecule has 31 heavy (non-hydrogen) atoms. The van der Waals surface area contributed by atoms with Gasteiger partial charge in [-0.1, -0.05) is 12.1 Å². The third-order valence-corrected chi connectivity index (χ3v) is 5.84. The van der Waals surface area contributed by atoms with E-state index in [-0.39, 0.29) is 18.6 Å². The van der Waals surface area contributed by atoms with E-state index in [1.54, 1.807) is 0 Å². The van der Waals surface area contributed by atoms with Crippen LogP contribution in [-0.4, -0.2) is 66.3 Å². The van der Waals surface area contributed by atoms with Crippen molar-refractivity contribution in [3.63, 3.8) is 0 Å². The molecule has 1 fully saturated rings. The number of nitrogens with two attached hydrogens (primary N) is 1. The molecule has 3 aromatic rings. The van der Waals surface area contributed by atoms with E-state index in [4.69, 9.17) is 5.14 Å². The van der Waals surface area contributed by atoms with Crippen molar-refractivity contribution < 1.29 is 17.7 Å². The van der Waals surface area contributed by atoms with Gasteiger partial charge < -0.3 is 20.3 Å². The van der Waals surface area contributed by atoms with Crippen LogP contribution in [-0.2, 0) is 14.5 Å². The molecule has 0 aliphatic heterocycles. The first kappa shape index (κ1) is 21.4. The number of rotatable bonds is 7. The van der Waals surface area contributed by atoms with E-state index < -0.39 is 16.4 Å². The topological polar surface area (TPSA) is 159 Å². The van der Waals surface area contributed by atoms with E-state index >= 15 is 0 Å². The highest BCUT2D eigenvalue weighted by molar-refractivity contribution is 7.84. The number of aliphatic hydroxyl groups excluding tert-OH is 1. The minimum Gasteiger partial charge on any atom is -0.393 e. The molecule has 3 atom stereocenters. The molecule has 0 radical (unpaired) electrons. The third kappa shape index (κ3) is 4.77. The molecule has 1 aromatic carbocycles. The molecule has 2 aromatic heterocycles. The predicted octanol–water partition coefficient (Wildman–Crippen LogP) is 0.857. The highest BCUT2D eigenvalue weighted by Crippen LogP contribution is 2.32. The van der Waals surface area contributed by atoms with Crippen molar-refractivity contribution in [3.05, 3.63) is 30.6 Å². The Morgan fingerprint density at radius 1 is 1.29 bits per heavy atom. The average Bonchev–Trinajstić information content (AvgIpc) is 3.29. The average molecular weight is 448 g/mol. The fraction of sp³-hybridized carbons (Fsp3) is 0.421. The number of nitrogens with zero attached hydrogens (tertiary/aromatic N) is 4. The minimum absolute atomic E-state index is 0.122. The Balaban J connectivity index is 1.56. The van der Waals surface area contributed by atoms with Crippen molar-refractivity contribution in [1.29, 1.82) is 0 Å². The Morgan fingerprint density at radius 3 is 2.81 bits per heavy atom. The van der Waals surface area contributed by atoms with E-state index in [1.807, 2.05) is 43.3 Å². The molecule has 0 unspecified atom stereocenters. The van der Waals surface area contributed by atoms with E-state index in [0.717, 1.165) is 11.3 Å². The summed E-state index contributed by atoms with van der Waals surface area (Å²) in [5, 5.41) is 18.5. The highest BCUT2D eigenvalue weighted by atomic mass is 32.2. The zero-order chi connectivity index (χ0) is 22.2. The van der Waals surface area contributed by atoms with Crippen LogP contribution < -0.4 is 15.4 Å². The van der Waals surface area contributed by atoms with Crippen LogP contribution in [0, 0.1) is 5.92 Å². The first-order valence-corrected chi connectivity index (χ1v) is 11.3. The van der Waals surface area contributed by atoms with Crippen LogP contribution in [0.5, 0.6) is 0 Å². The molecule has 4 rings (SSSR count). The number of fused-ring (bicyclic) bond motifs is 1. The first-order valence-electron chi connectivity index (χ1n) is 9.80. The number of anilines is 2. The van der Waals surface area contributed by atoms with Crippen molar-refractivity contribution in [2.24, 2.45) is 11.1 Å². The Kier molecular flexibility index (Phi) is 5.79. The van der Waals surface area contributed by atoms with Crippen molar-refractivity contribution >= 4 is 33.0 Å². The third-order valence-electron chi connectivity index (χ3n) is 5.37. The monoisotopic (exact) mass is 447 g/mol. The summed E-state index contributed by atoms with van der Waals surface area (Å²) in [5.41, 5.74) is 3.13. The quantitative estimate of drug-likeness (QED) is 0.412. The molecule has 1 aliphatic rings.